The van der Waals surface area contributed by atoms with E-state index in [9.17, 15) is 13.2 Å². The average Bonchev–Trinajstić information content (AvgIpc) is 3.08. The number of carbonyl (C=O) groups excluding carboxylic acids is 1. The molecule has 128 valence electrons. The van der Waals surface area contributed by atoms with E-state index in [1.165, 1.54) is 48.5 Å². The lowest BCUT2D eigenvalue weighted by molar-refractivity contribution is 0.0695. The van der Waals surface area contributed by atoms with Gasteiger partial charge in [0.15, 0.2) is 0 Å². The van der Waals surface area contributed by atoms with Gasteiger partial charge in [-0.15, -0.1) is 0 Å². The van der Waals surface area contributed by atoms with Gasteiger partial charge in [-0.25, -0.2) is 13.2 Å². The number of sulfone groups is 1. The second-order valence-corrected chi connectivity index (χ2v) is 7.67. The zero-order chi connectivity index (χ0) is 18.0. The Morgan fingerprint density at radius 3 is 2.00 bits per heavy atom. The van der Waals surface area contributed by atoms with Gasteiger partial charge >= 0.3 is 5.97 Å². The van der Waals surface area contributed by atoms with Crippen LogP contribution in [0.5, 0.6) is 5.75 Å². The number of esters is 1. The molecule has 0 aliphatic heterocycles. The molecule has 5 nitrogen and oxygen atoms in total. The highest BCUT2D eigenvalue weighted by Gasteiger charge is 2.24. The molecule has 1 heterocycles. The molecule has 0 unspecified atom stereocenters. The fraction of sp³-hybridized carbons (Fsp3) is 0. The third kappa shape index (κ3) is 3.87. The highest BCUT2D eigenvalue weighted by Crippen LogP contribution is 2.25. The molecule has 0 bridgehead atoms. The minimum absolute atomic E-state index is 0.00358. The molecule has 25 heavy (non-hydrogen) atoms. The van der Waals surface area contributed by atoms with Crippen LogP contribution in [0.1, 0.15) is 10.6 Å². The van der Waals surface area contributed by atoms with Crippen LogP contribution in [0.2, 0.25) is 10.0 Å². The molecule has 0 aliphatic carbocycles. The summed E-state index contributed by atoms with van der Waals surface area (Å²) in [6, 6.07) is 14.2. The van der Waals surface area contributed by atoms with Crippen LogP contribution in [-0.4, -0.2) is 14.4 Å². The summed E-state index contributed by atoms with van der Waals surface area (Å²) in [6.07, 6.45) is 0. The van der Waals surface area contributed by atoms with Crippen LogP contribution in [0, 0.1) is 0 Å². The summed E-state index contributed by atoms with van der Waals surface area (Å²) in [4.78, 5) is 12.1. The molecule has 0 atom stereocenters. The fourth-order valence-electron chi connectivity index (χ4n) is 1.96. The van der Waals surface area contributed by atoms with Crippen LogP contribution >= 0.6 is 23.2 Å². The van der Waals surface area contributed by atoms with Gasteiger partial charge < -0.3 is 9.15 Å². The standard InChI is InChI=1S/C17H10Cl2O5S/c18-11-1-5-13(6-2-11)23-17(20)15-9-10-16(24-15)25(21,22)14-7-3-12(19)4-8-14/h1-10H. The SMILES string of the molecule is O=C(Oc1ccc(Cl)cc1)c1ccc(S(=O)(=O)c2ccc(Cl)cc2)o1. The van der Waals surface area contributed by atoms with Gasteiger partial charge in [0.05, 0.1) is 4.90 Å². The lowest BCUT2D eigenvalue weighted by Crippen LogP contribution is -2.07. The summed E-state index contributed by atoms with van der Waals surface area (Å²) in [5.74, 6) is -0.796. The Morgan fingerprint density at radius 2 is 1.40 bits per heavy atom. The first kappa shape index (κ1) is 17.5. The molecule has 0 radical (unpaired) electrons. The molecule has 0 spiro atoms. The lowest BCUT2D eigenvalue weighted by Gasteiger charge is -2.03. The normalized spacial score (nSPS) is 11.3. The maximum absolute atomic E-state index is 12.5. The maximum atomic E-state index is 12.5. The topological polar surface area (TPSA) is 73.6 Å². The van der Waals surface area contributed by atoms with E-state index in [1.54, 1.807) is 12.1 Å². The van der Waals surface area contributed by atoms with Crippen LogP contribution in [0.25, 0.3) is 0 Å². The molecule has 2 aromatic carbocycles. The van der Waals surface area contributed by atoms with E-state index in [0.717, 1.165) is 0 Å². The Bertz CT molecular complexity index is 1010. The summed E-state index contributed by atoms with van der Waals surface area (Å²) in [7, 11) is -3.90. The Labute approximate surface area is 153 Å². The molecule has 0 saturated heterocycles. The quantitative estimate of drug-likeness (QED) is 0.474. The van der Waals surface area contributed by atoms with Crippen molar-refractivity contribution >= 4 is 39.0 Å². The molecule has 0 amide bonds. The van der Waals surface area contributed by atoms with E-state index in [4.69, 9.17) is 32.4 Å². The predicted octanol–water partition coefficient (Wildman–Crippen LogP) is 4.64. The van der Waals surface area contributed by atoms with E-state index in [-0.39, 0.29) is 21.5 Å². The summed E-state index contributed by atoms with van der Waals surface area (Å²) >= 11 is 11.5. The number of carbonyl (C=O) groups is 1. The van der Waals surface area contributed by atoms with E-state index in [0.29, 0.717) is 10.0 Å². The summed E-state index contributed by atoms with van der Waals surface area (Å²) in [5, 5.41) is 0.539. The number of benzene rings is 2. The molecular formula is C17H10Cl2O5S. The summed E-state index contributed by atoms with van der Waals surface area (Å²) < 4.78 is 35.2. The average molecular weight is 397 g/mol. The molecule has 3 aromatic rings. The number of furan rings is 1. The van der Waals surface area contributed by atoms with Gasteiger partial charge in [-0.1, -0.05) is 23.2 Å². The third-order valence-electron chi connectivity index (χ3n) is 3.20. The Morgan fingerprint density at radius 1 is 0.840 bits per heavy atom. The Hall–Kier alpha value is -2.28. The smallest absolute Gasteiger partial charge is 0.379 e. The van der Waals surface area contributed by atoms with Crippen molar-refractivity contribution in [3.05, 3.63) is 76.5 Å². The minimum atomic E-state index is -3.90. The van der Waals surface area contributed by atoms with Gasteiger partial charge in [0.25, 0.3) is 0 Å². The first-order chi connectivity index (χ1) is 11.9. The number of hydrogen-bond acceptors (Lipinski definition) is 5. The van der Waals surface area contributed by atoms with Gasteiger partial charge in [0.2, 0.25) is 20.7 Å². The molecule has 0 N–H and O–H groups in total. The second kappa shape index (κ2) is 6.92. The van der Waals surface area contributed by atoms with Crippen molar-refractivity contribution in [3.63, 3.8) is 0 Å². The van der Waals surface area contributed by atoms with Crippen molar-refractivity contribution in [2.45, 2.75) is 9.99 Å². The molecule has 0 aliphatic rings. The highest BCUT2D eigenvalue weighted by atomic mass is 35.5. The first-order valence-electron chi connectivity index (χ1n) is 6.94. The van der Waals surface area contributed by atoms with Gasteiger partial charge in [-0.05, 0) is 60.7 Å². The fourth-order valence-corrected chi connectivity index (χ4v) is 3.39. The van der Waals surface area contributed by atoms with Crippen molar-refractivity contribution in [2.24, 2.45) is 0 Å². The van der Waals surface area contributed by atoms with Crippen LogP contribution < -0.4 is 4.74 Å². The van der Waals surface area contributed by atoms with Gasteiger partial charge in [0.1, 0.15) is 5.75 Å². The van der Waals surface area contributed by atoms with Crippen LogP contribution in [-0.2, 0) is 9.84 Å². The van der Waals surface area contributed by atoms with Gasteiger partial charge in [-0.2, -0.15) is 0 Å². The molecule has 0 saturated carbocycles. The van der Waals surface area contributed by atoms with Crippen LogP contribution in [0.4, 0.5) is 0 Å². The van der Waals surface area contributed by atoms with Crippen molar-refractivity contribution in [2.75, 3.05) is 0 Å². The minimum Gasteiger partial charge on any atom is -0.437 e. The lowest BCUT2D eigenvalue weighted by atomic mass is 10.3. The van der Waals surface area contributed by atoms with E-state index in [2.05, 4.69) is 0 Å². The van der Waals surface area contributed by atoms with Crippen molar-refractivity contribution in [3.8, 4) is 5.75 Å². The van der Waals surface area contributed by atoms with E-state index >= 15 is 0 Å². The predicted molar refractivity (Wildman–Crippen MR) is 92.0 cm³/mol. The Kier molecular flexibility index (Phi) is 4.85. The van der Waals surface area contributed by atoms with Gasteiger partial charge in [0, 0.05) is 10.0 Å². The number of halogens is 2. The third-order valence-corrected chi connectivity index (χ3v) is 5.34. The summed E-state index contributed by atoms with van der Waals surface area (Å²) in [6.45, 7) is 0. The number of ether oxygens (including phenoxy) is 1. The first-order valence-corrected chi connectivity index (χ1v) is 9.18. The largest absolute Gasteiger partial charge is 0.437 e. The van der Waals surface area contributed by atoms with E-state index < -0.39 is 15.8 Å². The molecule has 1 aromatic heterocycles. The monoisotopic (exact) mass is 396 g/mol. The van der Waals surface area contributed by atoms with Gasteiger partial charge in [-0.3, -0.25) is 0 Å². The molecule has 0 fully saturated rings. The zero-order valence-corrected chi connectivity index (χ0v) is 14.8. The Balaban J connectivity index is 1.82. The molecular weight excluding hydrogens is 387 g/mol. The molecule has 3 rings (SSSR count). The van der Waals surface area contributed by atoms with Crippen molar-refractivity contribution in [1.29, 1.82) is 0 Å². The van der Waals surface area contributed by atoms with Crippen molar-refractivity contribution < 1.29 is 22.4 Å². The summed E-state index contributed by atoms with van der Waals surface area (Å²) in [5.41, 5.74) is 0. The molecule has 8 heteroatoms. The number of hydrogen-bond donors (Lipinski definition) is 0. The maximum Gasteiger partial charge on any atom is 0.379 e. The van der Waals surface area contributed by atoms with Crippen LogP contribution in [0.3, 0.4) is 0 Å². The van der Waals surface area contributed by atoms with E-state index in [1.807, 2.05) is 0 Å². The number of rotatable bonds is 4. The van der Waals surface area contributed by atoms with Crippen molar-refractivity contribution in [1.82, 2.24) is 0 Å². The van der Waals surface area contributed by atoms with Crippen LogP contribution in [0.15, 0.2) is 75.1 Å². The second-order valence-electron chi connectivity index (χ2n) is 4.92. The zero-order valence-electron chi connectivity index (χ0n) is 12.5. The highest BCUT2D eigenvalue weighted by molar-refractivity contribution is 7.91.